The number of amides is 5. The number of unbranched alkanes of at least 4 members (excludes halogenated alkanes) is 3. The van der Waals surface area contributed by atoms with Gasteiger partial charge < -0.3 is 41.3 Å². The Kier molecular flexibility index (Phi) is 19.8. The van der Waals surface area contributed by atoms with E-state index in [-0.39, 0.29) is 62.7 Å². The fourth-order valence-corrected chi connectivity index (χ4v) is 9.13. The van der Waals surface area contributed by atoms with E-state index in [1.165, 1.54) is 28.4 Å². The molecule has 16 nitrogen and oxygen atoms in total. The zero-order chi connectivity index (χ0) is 52.2. The maximum atomic E-state index is 14.7. The van der Waals surface area contributed by atoms with Gasteiger partial charge in [-0.2, -0.15) is 0 Å². The van der Waals surface area contributed by atoms with E-state index >= 15 is 0 Å². The van der Waals surface area contributed by atoms with Crippen LogP contribution in [0.5, 0.6) is 5.75 Å². The van der Waals surface area contributed by atoms with Crippen molar-refractivity contribution >= 4 is 74.8 Å². The fourth-order valence-electron chi connectivity index (χ4n) is 7.88. The average molecular weight is 1140 g/mol. The number of alkyl halides is 1. The number of halogens is 5. The number of hydrogen-bond acceptors (Lipinski definition) is 12. The first-order valence-corrected chi connectivity index (χ1v) is 25.7. The monoisotopic (exact) mass is 1140 g/mol. The van der Waals surface area contributed by atoms with E-state index in [1.54, 1.807) is 44.5 Å². The first-order valence-electron chi connectivity index (χ1n) is 23.8. The topological polar surface area (TPSA) is 212 Å². The molecule has 0 radical (unpaired) electrons. The Hall–Kier alpha value is -5.43. The number of aryl methyl sites for hydroxylation is 1. The lowest BCUT2D eigenvalue weighted by Crippen LogP contribution is -2.59. The number of carbonyl (C=O) groups excluding carboxylic acids is 5. The minimum absolute atomic E-state index is 0.0294. The number of hydroxylamine groups is 1. The summed E-state index contributed by atoms with van der Waals surface area (Å²) in [5.74, 6) is -6.05. The molecular formula is C50H61F4IN8O8S. The van der Waals surface area contributed by atoms with Gasteiger partial charge in [-0.25, -0.2) is 28.0 Å². The van der Waals surface area contributed by atoms with E-state index in [4.69, 9.17) is 9.57 Å². The Bertz CT molecular complexity index is 2580. The van der Waals surface area contributed by atoms with Crippen molar-refractivity contribution < 1.29 is 56.2 Å². The first kappa shape index (κ1) is 55.9. The van der Waals surface area contributed by atoms with E-state index in [0.717, 1.165) is 60.5 Å². The van der Waals surface area contributed by atoms with Gasteiger partial charge in [-0.1, -0.05) is 45.7 Å². The average Bonchev–Trinajstić information content (AvgIpc) is 3.74. The first-order chi connectivity index (χ1) is 34.2. The quantitative estimate of drug-likeness (QED) is 0.0157. The molecule has 5 amide bonds. The minimum atomic E-state index is -2.00. The van der Waals surface area contributed by atoms with Gasteiger partial charge >= 0.3 is 0 Å². The van der Waals surface area contributed by atoms with Gasteiger partial charge in [0.15, 0.2) is 23.9 Å². The molecule has 3 atom stereocenters. The summed E-state index contributed by atoms with van der Waals surface area (Å²) in [4.78, 5) is 77.7. The Morgan fingerprint density at radius 3 is 2.38 bits per heavy atom. The summed E-state index contributed by atoms with van der Waals surface area (Å²) in [6.45, 7) is 8.50. The molecule has 72 heavy (non-hydrogen) atoms. The molecule has 1 aromatic heterocycles. The third kappa shape index (κ3) is 15.3. The zero-order valence-electron chi connectivity index (χ0n) is 40.5. The van der Waals surface area contributed by atoms with Crippen molar-refractivity contribution in [3.8, 4) is 16.2 Å². The fraction of sp³-hybridized carbons (Fsp3) is 0.480. The molecule has 7 N–H and O–H groups in total. The van der Waals surface area contributed by atoms with Crippen LogP contribution in [0.25, 0.3) is 10.4 Å². The van der Waals surface area contributed by atoms with Crippen LogP contribution in [0.15, 0.2) is 54.0 Å². The molecule has 3 aromatic carbocycles. The van der Waals surface area contributed by atoms with E-state index in [0.29, 0.717) is 34.4 Å². The summed E-state index contributed by atoms with van der Waals surface area (Å²) in [6.07, 6.45) is 3.05. The highest BCUT2D eigenvalue weighted by molar-refractivity contribution is 14.1. The van der Waals surface area contributed by atoms with Crippen molar-refractivity contribution in [1.82, 2.24) is 36.6 Å². The highest BCUT2D eigenvalue weighted by Crippen LogP contribution is 2.41. The van der Waals surface area contributed by atoms with Gasteiger partial charge in [0, 0.05) is 35.2 Å². The van der Waals surface area contributed by atoms with Crippen LogP contribution >= 0.6 is 33.9 Å². The van der Waals surface area contributed by atoms with Crippen molar-refractivity contribution in [2.75, 3.05) is 44.7 Å². The Morgan fingerprint density at radius 2 is 1.68 bits per heavy atom. The molecule has 0 spiro atoms. The summed E-state index contributed by atoms with van der Waals surface area (Å²) in [5, 5.41) is 24.7. The third-order valence-electron chi connectivity index (χ3n) is 12.1. The number of rotatable bonds is 25. The molecule has 0 unspecified atom stereocenters. The van der Waals surface area contributed by atoms with Crippen molar-refractivity contribution in [2.45, 2.75) is 109 Å². The second-order valence-electron chi connectivity index (χ2n) is 18.9. The van der Waals surface area contributed by atoms with Crippen LogP contribution in [0.1, 0.15) is 93.8 Å². The van der Waals surface area contributed by atoms with Gasteiger partial charge in [0.1, 0.15) is 23.7 Å². The Balaban J connectivity index is 0.890. The molecular weight excluding hydrogens is 1080 g/mol. The number of anilines is 2. The summed E-state index contributed by atoms with van der Waals surface area (Å²) < 4.78 is 64.4. The standard InChI is InChI=1S/C50H61F4IN8O8S/c1-29-43(72-28-59-29)30-10-11-31(25-58-46(67)38-24-33(64)26-63(38)47(68)44(49(2,3)4)61-48(69)50(54)16-17-50)39(22-30)70-27-40(65)57-20-8-6-5-7-18-56-19-9-21-71-62-45(66)34-13-14-35(51)41(53)42(34)60-37-15-12-32(55)23-36(37)52/h10-15,22-23,28,33,38,44,56,60,64H,5-9,16-21,24-27H2,1-4H3,(H,57,65)(H,58,67)(H,61,69)(H,62,66)/t33-,38-,44-/m1/s1. The number of β-amino-alcohol motifs (C(OH)–C–C–N with tert-alkyl or cyclic N) is 1. The number of ether oxygens (including phenoxy) is 1. The van der Waals surface area contributed by atoms with E-state index < -0.39 is 76.0 Å². The van der Waals surface area contributed by atoms with Gasteiger partial charge in [0.2, 0.25) is 11.8 Å². The molecule has 1 aliphatic carbocycles. The highest BCUT2D eigenvalue weighted by atomic mass is 127. The molecule has 2 heterocycles. The number of benzene rings is 3. The molecule has 4 aromatic rings. The van der Waals surface area contributed by atoms with Crippen molar-refractivity contribution in [1.29, 1.82) is 0 Å². The maximum absolute atomic E-state index is 14.7. The van der Waals surface area contributed by atoms with Gasteiger partial charge in [0.05, 0.1) is 45.7 Å². The maximum Gasteiger partial charge on any atom is 0.277 e. The zero-order valence-corrected chi connectivity index (χ0v) is 43.5. The molecule has 22 heteroatoms. The third-order valence-corrected chi connectivity index (χ3v) is 13.8. The number of thiazole rings is 1. The van der Waals surface area contributed by atoms with Crippen molar-refractivity contribution in [3.05, 3.63) is 91.9 Å². The summed E-state index contributed by atoms with van der Waals surface area (Å²) in [6, 6.07) is 9.24. The largest absolute Gasteiger partial charge is 0.483 e. The van der Waals surface area contributed by atoms with Crippen LogP contribution in [0.4, 0.5) is 28.9 Å². The van der Waals surface area contributed by atoms with Crippen LogP contribution in [-0.4, -0.2) is 108 Å². The van der Waals surface area contributed by atoms with Crippen molar-refractivity contribution in [2.24, 2.45) is 5.41 Å². The van der Waals surface area contributed by atoms with Crippen molar-refractivity contribution in [3.63, 3.8) is 0 Å². The molecule has 2 aliphatic rings. The van der Waals surface area contributed by atoms with E-state index in [1.807, 2.05) is 35.6 Å². The van der Waals surface area contributed by atoms with Gasteiger partial charge in [-0.3, -0.25) is 28.8 Å². The second-order valence-corrected chi connectivity index (χ2v) is 21.0. The minimum Gasteiger partial charge on any atom is -0.483 e. The van der Waals surface area contributed by atoms with Crippen LogP contribution < -0.4 is 36.8 Å². The highest BCUT2D eigenvalue weighted by Gasteiger charge is 2.53. The van der Waals surface area contributed by atoms with Gasteiger partial charge in [-0.15, -0.1) is 11.3 Å². The molecule has 6 rings (SSSR count). The number of aliphatic hydroxyl groups is 1. The summed E-state index contributed by atoms with van der Waals surface area (Å²) >= 11 is 3.36. The summed E-state index contributed by atoms with van der Waals surface area (Å²) in [7, 11) is 0. The predicted octanol–water partition coefficient (Wildman–Crippen LogP) is 6.89. The molecule has 390 valence electrons. The molecule has 1 saturated carbocycles. The molecule has 1 aliphatic heterocycles. The second kappa shape index (κ2) is 25.5. The van der Waals surface area contributed by atoms with Crippen LogP contribution in [0.2, 0.25) is 0 Å². The van der Waals surface area contributed by atoms with E-state index in [9.17, 15) is 46.6 Å². The number of hydrogen-bond donors (Lipinski definition) is 7. The smallest absolute Gasteiger partial charge is 0.277 e. The Labute approximate surface area is 433 Å². The molecule has 0 bridgehead atoms. The van der Waals surface area contributed by atoms with Gasteiger partial charge in [0.25, 0.3) is 17.7 Å². The molecule has 1 saturated heterocycles. The lowest BCUT2D eigenvalue weighted by molar-refractivity contribution is -0.145. The normalized spacial score (nSPS) is 16.4. The van der Waals surface area contributed by atoms with Gasteiger partial charge in [-0.05, 0) is 122 Å². The number of likely N-dealkylation sites (tertiary alicyclic amines) is 1. The summed E-state index contributed by atoms with van der Waals surface area (Å²) in [5.41, 5.74) is 2.38. The molecule has 2 fully saturated rings. The number of carbonyl (C=O) groups is 5. The number of aliphatic hydroxyl groups excluding tert-OH is 1. The predicted molar refractivity (Wildman–Crippen MR) is 271 cm³/mol. The lowest BCUT2D eigenvalue weighted by Gasteiger charge is -2.35. The van der Waals surface area contributed by atoms with Crippen LogP contribution in [0, 0.1) is 33.4 Å². The van der Waals surface area contributed by atoms with E-state index in [2.05, 4.69) is 37.0 Å². The number of nitrogens with zero attached hydrogens (tertiary/aromatic N) is 2. The lowest BCUT2D eigenvalue weighted by atomic mass is 9.85. The van der Waals surface area contributed by atoms with Crippen LogP contribution in [-0.2, 0) is 30.6 Å². The van der Waals surface area contributed by atoms with Crippen LogP contribution in [0.3, 0.4) is 0 Å². The SMILES string of the molecule is Cc1ncsc1-c1ccc(CNC(=O)[C@H]2C[C@@H](O)CN2C(=O)[C@@H](NC(=O)C2(F)CC2)C(C)(C)C)c(OCC(=O)NCCCCCCNCCCONC(=O)c2ccc(F)c(F)c2Nc2ccc(I)cc2F)c1. The number of nitrogens with one attached hydrogen (secondary N) is 6. The number of aromatic nitrogens is 1. The Morgan fingerprint density at radius 1 is 0.944 bits per heavy atom.